The van der Waals surface area contributed by atoms with Crippen LogP contribution < -0.4 is 10.6 Å². The summed E-state index contributed by atoms with van der Waals surface area (Å²) in [6.07, 6.45) is 5.51. The number of nitrogens with one attached hydrogen (secondary N) is 2. The lowest BCUT2D eigenvalue weighted by atomic mass is 9.99. The first-order chi connectivity index (χ1) is 10.8. The Hall–Kier alpha value is -2.21. The molecule has 6 nitrogen and oxygen atoms in total. The Morgan fingerprint density at radius 2 is 2.32 bits per heavy atom. The highest BCUT2D eigenvalue weighted by Crippen LogP contribution is 2.12. The fraction of sp³-hybridized carbons (Fsp3) is 0.438. The van der Waals surface area contributed by atoms with Gasteiger partial charge in [-0.1, -0.05) is 18.2 Å². The Labute approximate surface area is 129 Å². The molecule has 3 rings (SSSR count). The zero-order valence-electron chi connectivity index (χ0n) is 12.5. The van der Waals surface area contributed by atoms with Crippen LogP contribution in [0.5, 0.6) is 0 Å². The van der Waals surface area contributed by atoms with E-state index in [2.05, 4.69) is 20.7 Å². The van der Waals surface area contributed by atoms with E-state index in [-0.39, 0.29) is 5.91 Å². The highest BCUT2D eigenvalue weighted by Gasteiger charge is 2.16. The molecule has 1 fully saturated rings. The average molecular weight is 299 g/mol. The molecule has 2 heterocycles. The molecule has 1 atom stereocenters. The summed E-state index contributed by atoms with van der Waals surface area (Å²) in [6, 6.07) is 7.65. The zero-order valence-corrected chi connectivity index (χ0v) is 12.5. The quantitative estimate of drug-likeness (QED) is 0.866. The minimum absolute atomic E-state index is 0.0127. The number of carbonyl (C=O) groups is 1. The van der Waals surface area contributed by atoms with Crippen molar-refractivity contribution in [1.82, 2.24) is 25.4 Å². The third-order valence-corrected chi connectivity index (χ3v) is 4.01. The predicted octanol–water partition coefficient (Wildman–Crippen LogP) is 1.06. The van der Waals surface area contributed by atoms with Crippen LogP contribution in [-0.2, 0) is 6.54 Å². The maximum absolute atomic E-state index is 12.5. The number of piperidine rings is 1. The van der Waals surface area contributed by atoms with Crippen LogP contribution in [0.1, 0.15) is 28.8 Å². The van der Waals surface area contributed by atoms with Crippen LogP contribution in [0.25, 0.3) is 0 Å². The van der Waals surface area contributed by atoms with E-state index in [0.717, 1.165) is 25.2 Å². The van der Waals surface area contributed by atoms with Gasteiger partial charge in [-0.2, -0.15) is 5.10 Å². The summed E-state index contributed by atoms with van der Waals surface area (Å²) in [6.45, 7) is 3.35. The van der Waals surface area contributed by atoms with Crippen LogP contribution in [0.3, 0.4) is 0 Å². The predicted molar refractivity (Wildman–Crippen MR) is 83.5 cm³/mol. The van der Waals surface area contributed by atoms with Gasteiger partial charge in [-0.15, -0.1) is 0 Å². The lowest BCUT2D eigenvalue weighted by Crippen LogP contribution is -2.38. The van der Waals surface area contributed by atoms with Crippen LogP contribution >= 0.6 is 0 Å². The molecule has 6 heteroatoms. The van der Waals surface area contributed by atoms with Crippen molar-refractivity contribution in [2.75, 3.05) is 19.6 Å². The largest absolute Gasteiger partial charge is 0.352 e. The summed E-state index contributed by atoms with van der Waals surface area (Å²) < 4.78 is 1.72. The van der Waals surface area contributed by atoms with E-state index < -0.39 is 0 Å². The molecule has 1 aliphatic rings. The summed E-state index contributed by atoms with van der Waals surface area (Å²) in [5.41, 5.74) is 1.66. The summed E-state index contributed by atoms with van der Waals surface area (Å²) in [5, 5.41) is 10.5. The molecule has 0 saturated carbocycles. The third-order valence-electron chi connectivity index (χ3n) is 4.01. The second-order valence-corrected chi connectivity index (χ2v) is 5.67. The van der Waals surface area contributed by atoms with Crippen molar-refractivity contribution in [3.8, 4) is 0 Å². The van der Waals surface area contributed by atoms with Gasteiger partial charge in [-0.3, -0.25) is 4.79 Å². The lowest BCUT2D eigenvalue weighted by Gasteiger charge is -2.23. The molecule has 1 aromatic heterocycles. The van der Waals surface area contributed by atoms with Gasteiger partial charge in [0.05, 0.1) is 6.54 Å². The maximum atomic E-state index is 12.5. The number of nitrogens with zero attached hydrogens (tertiary/aromatic N) is 3. The number of hydrogen-bond acceptors (Lipinski definition) is 4. The standard InChI is InChI=1S/C16H21N5O/c22-16(19-9-13-4-3-7-17-8-13)15-6-2-1-5-14(15)10-21-12-18-11-20-21/h1-2,5-6,11-13,17H,3-4,7-10H2,(H,19,22). The van der Waals surface area contributed by atoms with Gasteiger partial charge in [0.25, 0.3) is 5.91 Å². The number of amides is 1. The molecular weight excluding hydrogens is 278 g/mol. The van der Waals surface area contributed by atoms with Crippen molar-refractivity contribution in [3.05, 3.63) is 48.0 Å². The summed E-state index contributed by atoms with van der Waals surface area (Å²) in [5.74, 6) is 0.515. The minimum atomic E-state index is -0.0127. The zero-order chi connectivity index (χ0) is 15.2. The number of hydrogen-bond donors (Lipinski definition) is 2. The van der Waals surface area contributed by atoms with E-state index in [4.69, 9.17) is 0 Å². The topological polar surface area (TPSA) is 71.8 Å². The van der Waals surface area contributed by atoms with Gasteiger partial charge >= 0.3 is 0 Å². The second kappa shape index (κ2) is 7.17. The van der Waals surface area contributed by atoms with Crippen LogP contribution in [0.4, 0.5) is 0 Å². The van der Waals surface area contributed by atoms with Gasteiger partial charge in [0.1, 0.15) is 12.7 Å². The van der Waals surface area contributed by atoms with E-state index >= 15 is 0 Å². The Balaban J connectivity index is 1.64. The van der Waals surface area contributed by atoms with Crippen LogP contribution in [0, 0.1) is 5.92 Å². The first kappa shape index (κ1) is 14.7. The fourth-order valence-corrected chi connectivity index (χ4v) is 2.80. The molecule has 0 aliphatic carbocycles. The van der Waals surface area contributed by atoms with Crippen molar-refractivity contribution >= 4 is 5.91 Å². The van der Waals surface area contributed by atoms with Crippen molar-refractivity contribution in [2.45, 2.75) is 19.4 Å². The molecule has 1 aromatic carbocycles. The van der Waals surface area contributed by atoms with Gasteiger partial charge in [0, 0.05) is 12.1 Å². The SMILES string of the molecule is O=C(NCC1CCCNC1)c1ccccc1Cn1cncn1. The summed E-state index contributed by atoms with van der Waals surface area (Å²) >= 11 is 0. The highest BCUT2D eigenvalue weighted by atomic mass is 16.1. The van der Waals surface area contributed by atoms with Gasteiger partial charge in [-0.25, -0.2) is 9.67 Å². The summed E-state index contributed by atoms with van der Waals surface area (Å²) in [4.78, 5) is 16.4. The Kier molecular flexibility index (Phi) is 4.80. The third kappa shape index (κ3) is 3.71. The molecule has 0 bridgehead atoms. The lowest BCUT2D eigenvalue weighted by molar-refractivity contribution is 0.0943. The molecular formula is C16H21N5O. The smallest absolute Gasteiger partial charge is 0.251 e. The molecule has 22 heavy (non-hydrogen) atoms. The van der Waals surface area contributed by atoms with Crippen LogP contribution in [0.15, 0.2) is 36.9 Å². The Bertz CT molecular complexity index is 605. The van der Waals surface area contributed by atoms with Gasteiger partial charge in [0.2, 0.25) is 0 Å². The normalized spacial score (nSPS) is 18.1. The van der Waals surface area contributed by atoms with E-state index in [1.54, 1.807) is 11.0 Å². The Morgan fingerprint density at radius 3 is 3.09 bits per heavy atom. The second-order valence-electron chi connectivity index (χ2n) is 5.67. The number of benzene rings is 1. The summed E-state index contributed by atoms with van der Waals surface area (Å²) in [7, 11) is 0. The van der Waals surface area contributed by atoms with Crippen LogP contribution in [-0.4, -0.2) is 40.3 Å². The minimum Gasteiger partial charge on any atom is -0.352 e. The molecule has 116 valence electrons. The molecule has 2 aromatic rings. The Morgan fingerprint density at radius 1 is 1.41 bits per heavy atom. The first-order valence-corrected chi connectivity index (χ1v) is 7.72. The van der Waals surface area contributed by atoms with Crippen molar-refractivity contribution in [2.24, 2.45) is 5.92 Å². The van der Waals surface area contributed by atoms with E-state index in [0.29, 0.717) is 18.0 Å². The van der Waals surface area contributed by atoms with Crippen LogP contribution in [0.2, 0.25) is 0 Å². The molecule has 2 N–H and O–H groups in total. The molecule has 0 radical (unpaired) electrons. The molecule has 1 saturated heterocycles. The van der Waals surface area contributed by atoms with Crippen molar-refractivity contribution in [1.29, 1.82) is 0 Å². The van der Waals surface area contributed by atoms with Crippen molar-refractivity contribution < 1.29 is 4.79 Å². The maximum Gasteiger partial charge on any atom is 0.251 e. The van der Waals surface area contributed by atoms with Gasteiger partial charge in [0.15, 0.2) is 0 Å². The fourth-order valence-electron chi connectivity index (χ4n) is 2.80. The monoisotopic (exact) mass is 299 g/mol. The van der Waals surface area contributed by atoms with E-state index in [1.165, 1.54) is 19.2 Å². The number of rotatable bonds is 5. The van der Waals surface area contributed by atoms with E-state index in [1.807, 2.05) is 24.3 Å². The van der Waals surface area contributed by atoms with E-state index in [9.17, 15) is 4.79 Å². The molecule has 1 aliphatic heterocycles. The van der Waals surface area contributed by atoms with Crippen molar-refractivity contribution in [3.63, 3.8) is 0 Å². The number of carbonyl (C=O) groups excluding carboxylic acids is 1. The van der Waals surface area contributed by atoms with Gasteiger partial charge in [-0.05, 0) is 43.5 Å². The van der Waals surface area contributed by atoms with Gasteiger partial charge < -0.3 is 10.6 Å². The highest BCUT2D eigenvalue weighted by molar-refractivity contribution is 5.95. The molecule has 1 amide bonds. The first-order valence-electron chi connectivity index (χ1n) is 7.72. The number of aromatic nitrogens is 3. The molecule has 0 spiro atoms. The average Bonchev–Trinajstić information content (AvgIpc) is 3.07. The molecule has 1 unspecified atom stereocenters.